The van der Waals surface area contributed by atoms with Crippen LogP contribution in [0, 0.1) is 0 Å². The number of rotatable bonds is 5. The Balaban J connectivity index is 2.36. The highest BCUT2D eigenvalue weighted by Crippen LogP contribution is 2.45. The van der Waals surface area contributed by atoms with Gasteiger partial charge in [0.15, 0.2) is 5.69 Å². The molecule has 1 saturated carbocycles. The molecule has 1 aromatic heterocycles. The lowest BCUT2D eigenvalue weighted by molar-refractivity contribution is 0.00772. The van der Waals surface area contributed by atoms with E-state index in [4.69, 9.17) is 17.4 Å². The molecule has 4 N–H and O–H groups in total. The lowest BCUT2D eigenvalue weighted by atomic mass is 9.98. The van der Waals surface area contributed by atoms with Crippen LogP contribution in [0.4, 0.5) is 8.78 Å². The van der Waals surface area contributed by atoms with Crippen LogP contribution in [0.5, 0.6) is 0 Å². The van der Waals surface area contributed by atoms with Crippen molar-refractivity contribution >= 4 is 17.5 Å². The molecule has 25 heavy (non-hydrogen) atoms. The van der Waals surface area contributed by atoms with Crippen LogP contribution < -0.4 is 22.1 Å². The van der Waals surface area contributed by atoms with Gasteiger partial charge in [0.05, 0.1) is 12.1 Å². The van der Waals surface area contributed by atoms with Crippen LogP contribution in [-0.4, -0.2) is 28.8 Å². The molecule has 9 nitrogen and oxygen atoms in total. The number of nitrogens with one attached hydrogen (secondary N) is 2. The maximum atomic E-state index is 13.5. The lowest BCUT2D eigenvalue weighted by Gasteiger charge is -2.15. The van der Waals surface area contributed by atoms with Crippen LogP contribution in [0.3, 0.4) is 0 Å². The average molecular weight is 376 g/mol. The van der Waals surface area contributed by atoms with E-state index in [0.29, 0.717) is 4.79 Å². The molecule has 1 unspecified atom stereocenters. The number of halogens is 3. The van der Waals surface area contributed by atoms with Gasteiger partial charge in [-0.15, -0.1) is 9.89 Å². The molecule has 0 radical (unpaired) electrons. The number of nitrogen functional groups attached to an aromatic ring is 1. The molecule has 1 fully saturated rings. The predicted molar refractivity (Wildman–Crippen MR) is 85.7 cm³/mol. The number of hydrogen-bond acceptors (Lipinski definition) is 6. The van der Waals surface area contributed by atoms with E-state index in [1.165, 1.54) is 7.05 Å². The first-order valence-electron chi connectivity index (χ1n) is 7.17. The fourth-order valence-electron chi connectivity index (χ4n) is 2.57. The van der Waals surface area contributed by atoms with E-state index in [2.05, 4.69) is 32.8 Å². The van der Waals surface area contributed by atoms with Gasteiger partial charge in [-0.1, -0.05) is 23.4 Å². The minimum Gasteiger partial charge on any atom is -0.320 e. The van der Waals surface area contributed by atoms with Crippen LogP contribution >= 0.6 is 11.6 Å². The van der Waals surface area contributed by atoms with Gasteiger partial charge in [0.1, 0.15) is 5.82 Å². The molecule has 1 aliphatic carbocycles. The van der Waals surface area contributed by atoms with Gasteiger partial charge in [0.25, 0.3) is 11.5 Å². The second-order valence-electron chi connectivity index (χ2n) is 5.47. The van der Waals surface area contributed by atoms with Gasteiger partial charge in [-0.3, -0.25) is 9.59 Å². The van der Waals surface area contributed by atoms with E-state index in [0.717, 1.165) is 0 Å². The Morgan fingerprint density at radius 2 is 2.24 bits per heavy atom. The first-order chi connectivity index (χ1) is 11.7. The summed E-state index contributed by atoms with van der Waals surface area (Å²) in [7, 11) is 1.40. The quantitative estimate of drug-likeness (QED) is 0.406. The molecular formula is C13H16ClF2N7O2. The fraction of sp³-hybridized carbons (Fsp3) is 0.462. The molecule has 1 amide bonds. The number of carbonyl (C=O) groups excluding carboxylic acids is 1. The van der Waals surface area contributed by atoms with E-state index in [9.17, 15) is 18.4 Å². The van der Waals surface area contributed by atoms with Crippen LogP contribution in [0.15, 0.2) is 27.5 Å². The van der Waals surface area contributed by atoms with E-state index in [1.54, 1.807) is 0 Å². The monoisotopic (exact) mass is 375 g/mol. The third-order valence-electron chi connectivity index (χ3n) is 3.67. The van der Waals surface area contributed by atoms with Crippen molar-refractivity contribution in [1.29, 1.82) is 0 Å². The van der Waals surface area contributed by atoms with Gasteiger partial charge in [-0.2, -0.15) is 5.11 Å². The Hall–Kier alpha value is -2.56. The number of amides is 1. The summed E-state index contributed by atoms with van der Waals surface area (Å²) in [6.45, 7) is 3.48. The highest BCUT2D eigenvalue weighted by Gasteiger charge is 2.42. The van der Waals surface area contributed by atoms with Crippen molar-refractivity contribution in [2.45, 2.75) is 31.1 Å². The second kappa shape index (κ2) is 7.13. The zero-order valence-corrected chi connectivity index (χ0v) is 14.0. The van der Waals surface area contributed by atoms with Crippen molar-refractivity contribution in [3.05, 3.63) is 39.0 Å². The maximum Gasteiger partial charge on any atom is 0.290 e. The van der Waals surface area contributed by atoms with Gasteiger partial charge < -0.3 is 11.2 Å². The second-order valence-corrected chi connectivity index (χ2v) is 5.84. The van der Waals surface area contributed by atoms with Crippen molar-refractivity contribution in [1.82, 2.24) is 20.6 Å². The zero-order chi connectivity index (χ0) is 18.8. The number of nitrogens with two attached hydrogens (primary N) is 1. The summed E-state index contributed by atoms with van der Waals surface area (Å²) in [6, 6.07) is 0. The fourth-order valence-corrected chi connectivity index (χ4v) is 2.93. The van der Waals surface area contributed by atoms with Crippen molar-refractivity contribution in [3.8, 4) is 0 Å². The van der Waals surface area contributed by atoms with Gasteiger partial charge in [-0.25, -0.2) is 14.2 Å². The third-order valence-corrected chi connectivity index (χ3v) is 4.05. The summed E-state index contributed by atoms with van der Waals surface area (Å²) >= 11 is 6.11. The number of aromatic nitrogens is 2. The van der Waals surface area contributed by atoms with Crippen LogP contribution in [-0.2, 0) is 0 Å². The van der Waals surface area contributed by atoms with Gasteiger partial charge in [-0.05, 0) is 12.3 Å². The predicted octanol–water partition coefficient (Wildman–Crippen LogP) is 1.30. The normalized spacial score (nSPS) is 19.1. The number of alkyl halides is 2. The highest BCUT2D eigenvalue weighted by atomic mass is 35.5. The SMILES string of the molecule is C=C(NN=NC)NC(=O)c1nn(N)c(=O)c(C2CCC(F)(F)C2)c1Cl. The van der Waals surface area contributed by atoms with Crippen LogP contribution in [0.25, 0.3) is 0 Å². The molecule has 0 spiro atoms. The largest absolute Gasteiger partial charge is 0.320 e. The molecule has 0 bridgehead atoms. The van der Waals surface area contributed by atoms with E-state index in [-0.39, 0.29) is 34.9 Å². The minimum absolute atomic E-state index is 0.0304. The molecule has 0 aliphatic heterocycles. The maximum absolute atomic E-state index is 13.5. The first-order valence-corrected chi connectivity index (χ1v) is 7.55. The summed E-state index contributed by atoms with van der Waals surface area (Å²) in [5.41, 5.74) is 0.973. The standard InChI is InChI=1S/C13H16ClF2N7O2/c1-6(20-22-18-2)19-11(24)10-9(14)8(12(25)23(17)21-10)7-3-4-13(15,16)5-7/h7H,1,3-5,17H2,2H3,(H,18,20)(H,19,24). The van der Waals surface area contributed by atoms with Crippen molar-refractivity contribution in [2.24, 2.45) is 10.3 Å². The summed E-state index contributed by atoms with van der Waals surface area (Å²) < 4.78 is 27.0. The van der Waals surface area contributed by atoms with E-state index >= 15 is 0 Å². The zero-order valence-electron chi connectivity index (χ0n) is 13.2. The van der Waals surface area contributed by atoms with E-state index in [1.807, 2.05) is 0 Å². The lowest BCUT2D eigenvalue weighted by Crippen LogP contribution is -2.38. The summed E-state index contributed by atoms with van der Waals surface area (Å²) in [5, 5.41) is 12.4. The smallest absolute Gasteiger partial charge is 0.290 e. The summed E-state index contributed by atoms with van der Waals surface area (Å²) in [5.74, 6) is 0.901. The average Bonchev–Trinajstić information content (AvgIpc) is 2.88. The molecular weight excluding hydrogens is 360 g/mol. The minimum atomic E-state index is -2.89. The summed E-state index contributed by atoms with van der Waals surface area (Å²) in [4.78, 5) is 24.8. The third kappa shape index (κ3) is 4.10. The molecule has 136 valence electrons. The number of hydrogen-bond donors (Lipinski definition) is 3. The van der Waals surface area contributed by atoms with Crippen molar-refractivity contribution < 1.29 is 13.6 Å². The van der Waals surface area contributed by atoms with Crippen LogP contribution in [0.1, 0.15) is 41.2 Å². The summed E-state index contributed by atoms with van der Waals surface area (Å²) in [6.07, 6.45) is -0.860. The Morgan fingerprint density at radius 3 is 2.80 bits per heavy atom. The van der Waals surface area contributed by atoms with Gasteiger partial charge in [0, 0.05) is 18.4 Å². The first kappa shape index (κ1) is 18.8. The molecule has 1 atom stereocenters. The molecule has 1 aliphatic rings. The van der Waals surface area contributed by atoms with E-state index < -0.39 is 29.7 Å². The Kier molecular flexibility index (Phi) is 5.36. The van der Waals surface area contributed by atoms with Crippen molar-refractivity contribution in [3.63, 3.8) is 0 Å². The molecule has 0 aromatic carbocycles. The van der Waals surface area contributed by atoms with Crippen LogP contribution in [0.2, 0.25) is 5.02 Å². The number of carbonyl (C=O) groups is 1. The van der Waals surface area contributed by atoms with Crippen molar-refractivity contribution in [2.75, 3.05) is 12.9 Å². The van der Waals surface area contributed by atoms with Gasteiger partial charge in [0.2, 0.25) is 5.92 Å². The molecule has 1 aromatic rings. The molecule has 1 heterocycles. The number of nitrogens with zero attached hydrogens (tertiary/aromatic N) is 4. The van der Waals surface area contributed by atoms with Gasteiger partial charge >= 0.3 is 0 Å². The Morgan fingerprint density at radius 1 is 1.56 bits per heavy atom. The Bertz CT molecular complexity index is 793. The highest BCUT2D eigenvalue weighted by molar-refractivity contribution is 6.34. The molecule has 12 heteroatoms. The Labute approximate surface area is 145 Å². The topological polar surface area (TPSA) is 127 Å². The molecule has 2 rings (SSSR count). The molecule has 0 saturated heterocycles.